The number of halogens is 7. The number of nitrogens with one attached hydrogen (secondary N) is 3. The summed E-state index contributed by atoms with van der Waals surface area (Å²) in [6.45, 7) is 2.41. The predicted octanol–water partition coefficient (Wildman–Crippen LogP) is 4.97. The molecule has 0 saturated heterocycles. The molecule has 10 nitrogen and oxygen atoms in total. The molecule has 38 heavy (non-hydrogen) atoms. The number of aromatic amines is 1. The molecule has 4 rings (SSSR count). The predicted molar refractivity (Wildman–Crippen MR) is 116 cm³/mol. The van der Waals surface area contributed by atoms with Crippen LogP contribution in [0.15, 0.2) is 18.3 Å². The first-order valence-corrected chi connectivity index (χ1v) is 11.3. The van der Waals surface area contributed by atoms with Crippen LogP contribution in [-0.2, 0) is 22.3 Å². The molecule has 0 spiro atoms. The molecule has 3 heterocycles. The number of carbonyl (C=O) groups excluding carboxylic acids is 1. The van der Waals surface area contributed by atoms with Crippen LogP contribution in [0, 0.1) is 0 Å². The van der Waals surface area contributed by atoms with E-state index >= 15 is 4.39 Å². The van der Waals surface area contributed by atoms with Gasteiger partial charge in [-0.15, -0.1) is 13.2 Å². The average Bonchev–Trinajstić information content (AvgIpc) is 3.50. The minimum atomic E-state index is -4.96. The van der Waals surface area contributed by atoms with E-state index in [9.17, 15) is 31.1 Å². The first-order chi connectivity index (χ1) is 17.7. The standard InChI is InChI=1S/C21H22F7N7O3/c1-9(2)29-19(36)38-14-4-3-11(17(14)22)12-6-16(33-32-12)31-18-13-5-10(8-37-21(26,27)28)34-35(13)7-15(30-18)20(23,24)25/h5-7,9,11,14,17H,3-4,8H2,1-2H3,(H,29,36)(H2,30,31,32,33)/t11-,14-,17+/m1/s1. The van der Waals surface area contributed by atoms with Crippen LogP contribution in [0.1, 0.15) is 49.7 Å². The SMILES string of the molecule is CC(C)NC(=O)O[C@@H]1CC[C@H](c2cc(Nc3nc(C(F)(F)F)cn4nc(COC(F)(F)F)cc34)n[nH]2)[C@@H]1F. The lowest BCUT2D eigenvalue weighted by atomic mass is 10.0. The van der Waals surface area contributed by atoms with Crippen molar-refractivity contribution >= 4 is 23.2 Å². The molecule has 1 aliphatic carbocycles. The van der Waals surface area contributed by atoms with Gasteiger partial charge < -0.3 is 15.4 Å². The number of alkyl carbamates (subject to hydrolysis) is 1. The Kier molecular flexibility index (Phi) is 7.40. The largest absolute Gasteiger partial charge is 0.522 e. The lowest BCUT2D eigenvalue weighted by Crippen LogP contribution is -2.36. The number of H-pyrrole nitrogens is 1. The van der Waals surface area contributed by atoms with Gasteiger partial charge in [-0.1, -0.05) is 0 Å². The van der Waals surface area contributed by atoms with Crippen LogP contribution in [0.3, 0.4) is 0 Å². The van der Waals surface area contributed by atoms with Crippen molar-refractivity contribution in [2.24, 2.45) is 0 Å². The lowest BCUT2D eigenvalue weighted by molar-refractivity contribution is -0.330. The van der Waals surface area contributed by atoms with Gasteiger partial charge in [0, 0.05) is 23.7 Å². The maximum atomic E-state index is 15.0. The number of ether oxygens (including phenoxy) is 2. The highest BCUT2D eigenvalue weighted by molar-refractivity contribution is 5.72. The van der Waals surface area contributed by atoms with E-state index in [1.165, 1.54) is 6.07 Å². The number of hydrogen-bond donors (Lipinski definition) is 3. The highest BCUT2D eigenvalue weighted by Gasteiger charge is 2.41. The van der Waals surface area contributed by atoms with Gasteiger partial charge in [0.1, 0.15) is 24.4 Å². The maximum Gasteiger partial charge on any atom is 0.522 e. The minimum absolute atomic E-state index is 0.0304. The molecule has 0 aliphatic heterocycles. The fourth-order valence-corrected chi connectivity index (χ4v) is 3.99. The van der Waals surface area contributed by atoms with E-state index in [1.54, 1.807) is 13.8 Å². The van der Waals surface area contributed by atoms with Gasteiger partial charge in [-0.3, -0.25) is 9.84 Å². The quantitative estimate of drug-likeness (QED) is 0.354. The highest BCUT2D eigenvalue weighted by Crippen LogP contribution is 2.39. The number of alkyl halides is 7. The molecular weight excluding hydrogens is 531 g/mol. The van der Waals surface area contributed by atoms with Gasteiger partial charge in [0.25, 0.3) is 0 Å². The molecule has 1 fully saturated rings. The zero-order valence-corrected chi connectivity index (χ0v) is 19.8. The number of amides is 1. The third-order valence-corrected chi connectivity index (χ3v) is 5.59. The number of hydrogen-bond acceptors (Lipinski definition) is 7. The van der Waals surface area contributed by atoms with Crippen molar-refractivity contribution in [3.8, 4) is 0 Å². The van der Waals surface area contributed by atoms with E-state index < -0.39 is 54.9 Å². The van der Waals surface area contributed by atoms with Gasteiger partial charge in [-0.2, -0.15) is 23.4 Å². The number of rotatable bonds is 7. The number of aromatic nitrogens is 5. The molecule has 3 aromatic heterocycles. The molecule has 0 aromatic carbocycles. The molecule has 3 N–H and O–H groups in total. The zero-order valence-electron chi connectivity index (χ0n) is 19.8. The van der Waals surface area contributed by atoms with Crippen molar-refractivity contribution in [3.05, 3.63) is 35.4 Å². The average molecular weight is 553 g/mol. The van der Waals surface area contributed by atoms with Crippen molar-refractivity contribution in [1.29, 1.82) is 0 Å². The Labute approximate surface area is 209 Å². The van der Waals surface area contributed by atoms with Crippen molar-refractivity contribution in [2.75, 3.05) is 5.32 Å². The van der Waals surface area contributed by atoms with Crippen LogP contribution in [0.2, 0.25) is 0 Å². The second-order valence-electron chi connectivity index (χ2n) is 8.88. The summed E-state index contributed by atoms with van der Waals surface area (Å²) in [7, 11) is 0. The van der Waals surface area contributed by atoms with Crippen LogP contribution in [0.4, 0.5) is 47.2 Å². The van der Waals surface area contributed by atoms with Gasteiger partial charge >= 0.3 is 18.6 Å². The third-order valence-electron chi connectivity index (χ3n) is 5.59. The number of anilines is 2. The van der Waals surface area contributed by atoms with Crippen LogP contribution in [-0.4, -0.2) is 55.6 Å². The smallest absolute Gasteiger partial charge is 0.443 e. The van der Waals surface area contributed by atoms with E-state index in [2.05, 4.69) is 35.7 Å². The zero-order chi connectivity index (χ0) is 27.8. The van der Waals surface area contributed by atoms with E-state index in [0.29, 0.717) is 18.3 Å². The Morgan fingerprint density at radius 2 is 1.95 bits per heavy atom. The Hall–Kier alpha value is -3.63. The van der Waals surface area contributed by atoms with Crippen molar-refractivity contribution < 1.29 is 45.0 Å². The summed E-state index contributed by atoms with van der Waals surface area (Å²) in [5.41, 5.74) is -1.45. The summed E-state index contributed by atoms with van der Waals surface area (Å²) in [4.78, 5) is 15.3. The van der Waals surface area contributed by atoms with Crippen LogP contribution < -0.4 is 10.6 Å². The van der Waals surface area contributed by atoms with Crippen molar-refractivity contribution in [1.82, 2.24) is 30.1 Å². The summed E-state index contributed by atoms with van der Waals surface area (Å²) in [6, 6.07) is 2.24. The molecule has 0 bridgehead atoms. The Bertz CT molecular complexity index is 1290. The maximum absolute atomic E-state index is 15.0. The molecule has 1 aliphatic rings. The fourth-order valence-electron chi connectivity index (χ4n) is 3.99. The highest BCUT2D eigenvalue weighted by atomic mass is 19.4. The summed E-state index contributed by atoms with van der Waals surface area (Å²) in [6.07, 6.45) is -12.1. The van der Waals surface area contributed by atoms with Gasteiger partial charge in [0.05, 0.1) is 11.9 Å². The molecule has 17 heteroatoms. The van der Waals surface area contributed by atoms with Gasteiger partial charge in [0.15, 0.2) is 17.3 Å². The number of carbonyl (C=O) groups is 1. The first kappa shape index (κ1) is 27.4. The van der Waals surface area contributed by atoms with Crippen LogP contribution in [0.5, 0.6) is 0 Å². The van der Waals surface area contributed by atoms with Crippen molar-refractivity contribution in [3.63, 3.8) is 0 Å². The number of nitrogens with zero attached hydrogens (tertiary/aromatic N) is 4. The fraction of sp³-hybridized carbons (Fsp3) is 0.524. The topological polar surface area (TPSA) is 118 Å². The molecular formula is C21H22F7N7O3. The van der Waals surface area contributed by atoms with Crippen LogP contribution in [0.25, 0.3) is 5.52 Å². The Morgan fingerprint density at radius 1 is 1.21 bits per heavy atom. The van der Waals surface area contributed by atoms with E-state index in [-0.39, 0.29) is 29.5 Å². The van der Waals surface area contributed by atoms with Gasteiger partial charge in [0.2, 0.25) is 0 Å². The van der Waals surface area contributed by atoms with E-state index in [4.69, 9.17) is 4.74 Å². The molecule has 208 valence electrons. The summed E-state index contributed by atoms with van der Waals surface area (Å²) >= 11 is 0. The minimum Gasteiger partial charge on any atom is -0.443 e. The lowest BCUT2D eigenvalue weighted by Gasteiger charge is -2.18. The van der Waals surface area contributed by atoms with Gasteiger partial charge in [-0.25, -0.2) is 18.7 Å². The summed E-state index contributed by atoms with van der Waals surface area (Å²) < 4.78 is 102. The second kappa shape index (κ2) is 10.3. The third kappa shape index (κ3) is 6.43. The van der Waals surface area contributed by atoms with E-state index in [1.807, 2.05) is 0 Å². The van der Waals surface area contributed by atoms with Crippen LogP contribution >= 0.6 is 0 Å². The van der Waals surface area contributed by atoms with Gasteiger partial charge in [-0.05, 0) is 32.8 Å². The molecule has 1 saturated carbocycles. The monoisotopic (exact) mass is 553 g/mol. The molecule has 3 atom stereocenters. The molecule has 0 radical (unpaired) electrons. The molecule has 1 amide bonds. The Balaban J connectivity index is 1.54. The Morgan fingerprint density at radius 3 is 2.61 bits per heavy atom. The molecule has 3 aromatic rings. The number of fused-ring (bicyclic) bond motifs is 1. The summed E-state index contributed by atoms with van der Waals surface area (Å²) in [5, 5.41) is 15.3. The first-order valence-electron chi connectivity index (χ1n) is 11.3. The van der Waals surface area contributed by atoms with Crippen molar-refractivity contribution in [2.45, 2.75) is 70.1 Å². The normalized spacial score (nSPS) is 20.3. The van der Waals surface area contributed by atoms with E-state index in [0.717, 1.165) is 10.6 Å². The summed E-state index contributed by atoms with van der Waals surface area (Å²) in [5.74, 6) is -1.17. The second-order valence-corrected chi connectivity index (χ2v) is 8.88. The molecule has 0 unspecified atom stereocenters.